The number of nitrogens with one attached hydrogen (secondary N) is 1. The van der Waals surface area contributed by atoms with Crippen molar-refractivity contribution in [1.82, 2.24) is 5.32 Å². The van der Waals surface area contributed by atoms with E-state index in [1.807, 2.05) is 18.2 Å². The van der Waals surface area contributed by atoms with Gasteiger partial charge in [0.05, 0.1) is 6.61 Å². The second-order valence-corrected chi connectivity index (χ2v) is 4.10. The number of ether oxygens (including phenoxy) is 2. The van der Waals surface area contributed by atoms with Crippen LogP contribution in [0.1, 0.15) is 18.4 Å². The summed E-state index contributed by atoms with van der Waals surface area (Å²) < 4.78 is 10.6. The van der Waals surface area contributed by atoms with Crippen molar-refractivity contribution in [3.8, 4) is 5.75 Å². The lowest BCUT2D eigenvalue weighted by atomic mass is 10.2. The molecule has 1 aromatic rings. The fourth-order valence-corrected chi connectivity index (χ4v) is 1.57. The van der Waals surface area contributed by atoms with Gasteiger partial charge in [-0.25, -0.2) is 0 Å². The number of hydrogen-bond donors (Lipinski definition) is 1. The van der Waals surface area contributed by atoms with E-state index in [-0.39, 0.29) is 0 Å². The Kier molecular flexibility index (Phi) is 4.19. The van der Waals surface area contributed by atoms with E-state index < -0.39 is 0 Å². The lowest BCUT2D eigenvalue weighted by Gasteiger charge is -2.11. The third-order valence-electron chi connectivity index (χ3n) is 2.68. The summed E-state index contributed by atoms with van der Waals surface area (Å²) in [4.78, 5) is 0. The van der Waals surface area contributed by atoms with E-state index in [1.54, 1.807) is 7.11 Å². The molecule has 1 aliphatic rings. The first-order valence-electron chi connectivity index (χ1n) is 5.83. The van der Waals surface area contributed by atoms with E-state index in [0.29, 0.717) is 13.2 Å². The molecule has 16 heavy (non-hydrogen) atoms. The van der Waals surface area contributed by atoms with E-state index in [1.165, 1.54) is 18.4 Å². The highest BCUT2D eigenvalue weighted by Crippen LogP contribution is 2.22. The fraction of sp³-hybridized carbons (Fsp3) is 0.538. The van der Waals surface area contributed by atoms with Gasteiger partial charge < -0.3 is 14.8 Å². The van der Waals surface area contributed by atoms with Crippen molar-refractivity contribution < 1.29 is 9.47 Å². The second kappa shape index (κ2) is 5.87. The second-order valence-electron chi connectivity index (χ2n) is 4.10. The summed E-state index contributed by atoms with van der Waals surface area (Å²) >= 11 is 0. The molecule has 0 heterocycles. The molecule has 0 radical (unpaired) electrons. The number of para-hydroxylation sites is 1. The molecule has 1 aromatic carbocycles. The third-order valence-corrected chi connectivity index (χ3v) is 2.68. The van der Waals surface area contributed by atoms with Crippen molar-refractivity contribution in [3.05, 3.63) is 29.8 Å². The van der Waals surface area contributed by atoms with Crippen LogP contribution in [0.2, 0.25) is 0 Å². The van der Waals surface area contributed by atoms with Gasteiger partial charge in [0, 0.05) is 25.3 Å². The summed E-state index contributed by atoms with van der Waals surface area (Å²) in [5, 5.41) is 3.49. The van der Waals surface area contributed by atoms with Crippen LogP contribution >= 0.6 is 0 Å². The molecule has 3 nitrogen and oxygen atoms in total. The van der Waals surface area contributed by atoms with Gasteiger partial charge in [-0.15, -0.1) is 0 Å². The van der Waals surface area contributed by atoms with Crippen LogP contribution < -0.4 is 10.1 Å². The Labute approximate surface area is 96.8 Å². The van der Waals surface area contributed by atoms with Gasteiger partial charge >= 0.3 is 0 Å². The summed E-state index contributed by atoms with van der Waals surface area (Å²) in [6.07, 6.45) is 2.62. The van der Waals surface area contributed by atoms with E-state index in [4.69, 9.17) is 9.47 Å². The first-order valence-corrected chi connectivity index (χ1v) is 5.83. The van der Waals surface area contributed by atoms with Gasteiger partial charge in [-0.3, -0.25) is 0 Å². The number of methoxy groups -OCH3 is 1. The van der Waals surface area contributed by atoms with Crippen LogP contribution in [0.5, 0.6) is 5.75 Å². The standard InChI is InChI=1S/C13H19NO2/c1-15-8-9-16-13-5-3-2-4-11(13)10-14-12-6-7-12/h2-5,12,14H,6-10H2,1H3. The monoisotopic (exact) mass is 221 g/mol. The van der Waals surface area contributed by atoms with Crippen LogP contribution in [0.25, 0.3) is 0 Å². The SMILES string of the molecule is COCCOc1ccccc1CNC1CC1. The Morgan fingerprint density at radius 2 is 2.06 bits per heavy atom. The molecule has 0 aliphatic heterocycles. The molecular formula is C13H19NO2. The number of hydrogen-bond acceptors (Lipinski definition) is 3. The van der Waals surface area contributed by atoms with Gasteiger partial charge in [0.2, 0.25) is 0 Å². The zero-order valence-corrected chi connectivity index (χ0v) is 9.74. The molecule has 0 spiro atoms. The molecule has 0 amide bonds. The van der Waals surface area contributed by atoms with E-state index >= 15 is 0 Å². The maximum Gasteiger partial charge on any atom is 0.123 e. The van der Waals surface area contributed by atoms with E-state index in [2.05, 4.69) is 11.4 Å². The first-order chi connectivity index (χ1) is 7.90. The summed E-state index contributed by atoms with van der Waals surface area (Å²) in [5.41, 5.74) is 1.23. The zero-order chi connectivity index (χ0) is 11.2. The molecule has 88 valence electrons. The van der Waals surface area contributed by atoms with Crippen LogP contribution in [0, 0.1) is 0 Å². The molecule has 2 rings (SSSR count). The normalized spacial score (nSPS) is 15.1. The quantitative estimate of drug-likeness (QED) is 0.714. The van der Waals surface area contributed by atoms with Crippen molar-refractivity contribution in [2.45, 2.75) is 25.4 Å². The van der Waals surface area contributed by atoms with Crippen molar-refractivity contribution in [3.63, 3.8) is 0 Å². The van der Waals surface area contributed by atoms with Gasteiger partial charge in [-0.1, -0.05) is 18.2 Å². The molecule has 1 aliphatic carbocycles. The van der Waals surface area contributed by atoms with Crippen LogP contribution in [-0.2, 0) is 11.3 Å². The van der Waals surface area contributed by atoms with E-state index in [9.17, 15) is 0 Å². The minimum atomic E-state index is 0.608. The summed E-state index contributed by atoms with van der Waals surface area (Å²) in [7, 11) is 1.68. The van der Waals surface area contributed by atoms with Crippen LogP contribution in [-0.4, -0.2) is 26.4 Å². The molecule has 0 saturated heterocycles. The van der Waals surface area contributed by atoms with Gasteiger partial charge in [-0.05, 0) is 18.9 Å². The predicted molar refractivity (Wildman–Crippen MR) is 63.7 cm³/mol. The molecule has 1 fully saturated rings. The Balaban J connectivity index is 1.87. The lowest BCUT2D eigenvalue weighted by Crippen LogP contribution is -2.16. The third kappa shape index (κ3) is 3.51. The van der Waals surface area contributed by atoms with Crippen molar-refractivity contribution in [1.29, 1.82) is 0 Å². The smallest absolute Gasteiger partial charge is 0.123 e. The van der Waals surface area contributed by atoms with Crippen LogP contribution in [0.15, 0.2) is 24.3 Å². The Morgan fingerprint density at radius 1 is 1.25 bits per heavy atom. The minimum Gasteiger partial charge on any atom is -0.491 e. The average Bonchev–Trinajstić information content (AvgIpc) is 3.12. The summed E-state index contributed by atoms with van der Waals surface area (Å²) in [6.45, 7) is 2.13. The molecule has 0 aromatic heterocycles. The lowest BCUT2D eigenvalue weighted by molar-refractivity contribution is 0.145. The Hall–Kier alpha value is -1.06. The maximum atomic E-state index is 5.67. The zero-order valence-electron chi connectivity index (χ0n) is 9.74. The molecule has 0 unspecified atom stereocenters. The average molecular weight is 221 g/mol. The molecular weight excluding hydrogens is 202 g/mol. The Morgan fingerprint density at radius 3 is 2.81 bits per heavy atom. The number of benzene rings is 1. The largest absolute Gasteiger partial charge is 0.491 e. The molecule has 0 bridgehead atoms. The fourth-order valence-electron chi connectivity index (χ4n) is 1.57. The van der Waals surface area contributed by atoms with Crippen LogP contribution in [0.4, 0.5) is 0 Å². The van der Waals surface area contributed by atoms with Crippen molar-refractivity contribution >= 4 is 0 Å². The summed E-state index contributed by atoms with van der Waals surface area (Å²) in [6, 6.07) is 8.90. The predicted octanol–water partition coefficient (Wildman–Crippen LogP) is 1.96. The van der Waals surface area contributed by atoms with Crippen LogP contribution in [0.3, 0.4) is 0 Å². The molecule has 3 heteroatoms. The Bertz CT molecular complexity index is 323. The highest BCUT2D eigenvalue weighted by molar-refractivity contribution is 5.33. The topological polar surface area (TPSA) is 30.5 Å². The van der Waals surface area contributed by atoms with Gasteiger partial charge in [0.15, 0.2) is 0 Å². The van der Waals surface area contributed by atoms with Gasteiger partial charge in [-0.2, -0.15) is 0 Å². The highest BCUT2D eigenvalue weighted by Gasteiger charge is 2.20. The maximum absolute atomic E-state index is 5.67. The molecule has 1 N–H and O–H groups in total. The van der Waals surface area contributed by atoms with E-state index in [0.717, 1.165) is 18.3 Å². The van der Waals surface area contributed by atoms with Crippen molar-refractivity contribution in [2.75, 3.05) is 20.3 Å². The van der Waals surface area contributed by atoms with Crippen molar-refractivity contribution in [2.24, 2.45) is 0 Å². The summed E-state index contributed by atoms with van der Waals surface area (Å²) in [5.74, 6) is 0.965. The number of rotatable bonds is 7. The van der Waals surface area contributed by atoms with Gasteiger partial charge in [0.1, 0.15) is 12.4 Å². The minimum absolute atomic E-state index is 0.608. The highest BCUT2D eigenvalue weighted by atomic mass is 16.5. The molecule has 1 saturated carbocycles. The van der Waals surface area contributed by atoms with Gasteiger partial charge in [0.25, 0.3) is 0 Å². The first kappa shape index (κ1) is 11.4. The molecule has 0 atom stereocenters.